The molecule has 0 saturated carbocycles. The molecule has 0 spiro atoms. The number of aromatic carboxylic acids is 1. The predicted molar refractivity (Wildman–Crippen MR) is 140 cm³/mol. The Labute approximate surface area is 208 Å². The largest absolute Gasteiger partial charge is 0.507 e. The molecule has 6 nitrogen and oxygen atoms in total. The van der Waals surface area contributed by atoms with Crippen LogP contribution >= 0.6 is 0 Å². The lowest BCUT2D eigenvalue weighted by molar-refractivity contribution is 0.0693. The van der Waals surface area contributed by atoms with Crippen LogP contribution in [0.4, 0.5) is 5.69 Å². The third kappa shape index (κ3) is 5.09. The summed E-state index contributed by atoms with van der Waals surface area (Å²) in [6, 6.07) is 8.74. The van der Waals surface area contributed by atoms with Crippen LogP contribution in [0.2, 0.25) is 0 Å². The molecule has 188 valence electrons. The van der Waals surface area contributed by atoms with Crippen molar-refractivity contribution in [3.8, 4) is 5.75 Å². The number of aliphatic hydroxyl groups excluding tert-OH is 1. The average molecular weight is 479 g/mol. The number of carboxylic acid groups (broad SMARTS) is 1. The van der Waals surface area contributed by atoms with Gasteiger partial charge in [-0.1, -0.05) is 52.0 Å². The lowest BCUT2D eigenvalue weighted by Crippen LogP contribution is -2.46. The summed E-state index contributed by atoms with van der Waals surface area (Å²) in [5.74, 6) is -1.46. The van der Waals surface area contributed by atoms with Crippen molar-refractivity contribution in [3.05, 3.63) is 64.2 Å². The second-order valence-corrected chi connectivity index (χ2v) is 11.4. The maximum atomic E-state index is 11.2. The molecule has 4 rings (SSSR count). The van der Waals surface area contributed by atoms with Gasteiger partial charge >= 0.3 is 5.97 Å². The van der Waals surface area contributed by atoms with Crippen LogP contribution in [0.3, 0.4) is 0 Å². The molecular weight excluding hydrogens is 440 g/mol. The molecule has 6 heteroatoms. The van der Waals surface area contributed by atoms with Crippen molar-refractivity contribution in [2.75, 3.05) is 38.1 Å². The van der Waals surface area contributed by atoms with E-state index in [2.05, 4.69) is 56.7 Å². The number of hydrogen-bond acceptors (Lipinski definition) is 5. The first kappa shape index (κ1) is 25.3. The van der Waals surface area contributed by atoms with E-state index in [-0.39, 0.29) is 22.1 Å². The van der Waals surface area contributed by atoms with Crippen LogP contribution in [0.1, 0.15) is 79.3 Å². The van der Waals surface area contributed by atoms with Crippen LogP contribution in [-0.2, 0) is 10.8 Å². The number of anilines is 1. The van der Waals surface area contributed by atoms with E-state index in [0.29, 0.717) is 5.56 Å². The highest BCUT2D eigenvalue weighted by Gasteiger charge is 2.40. The molecule has 2 aromatic carbocycles. The number of likely N-dealkylation sites (N-methyl/N-ethyl adjacent to an activating group) is 1. The smallest absolute Gasteiger partial charge is 0.339 e. The maximum Gasteiger partial charge on any atom is 0.339 e. The van der Waals surface area contributed by atoms with Crippen molar-refractivity contribution >= 4 is 17.7 Å². The lowest BCUT2D eigenvalue weighted by atomic mass is 9.62. The highest BCUT2D eigenvalue weighted by Crippen LogP contribution is 2.50. The van der Waals surface area contributed by atoms with Crippen molar-refractivity contribution in [2.45, 2.75) is 57.5 Å². The Bertz CT molecular complexity index is 1140. The molecule has 1 fully saturated rings. The molecule has 1 atom stereocenters. The third-order valence-corrected chi connectivity index (χ3v) is 7.83. The number of benzene rings is 2. The summed E-state index contributed by atoms with van der Waals surface area (Å²) >= 11 is 0. The molecular formula is C29H38N2O4. The van der Waals surface area contributed by atoms with Crippen molar-refractivity contribution in [1.82, 2.24) is 4.90 Å². The molecule has 35 heavy (non-hydrogen) atoms. The first-order chi connectivity index (χ1) is 16.4. The molecule has 1 unspecified atom stereocenters. The van der Waals surface area contributed by atoms with Crippen LogP contribution < -0.4 is 4.90 Å². The quantitative estimate of drug-likeness (QED) is 0.565. The third-order valence-electron chi connectivity index (χ3n) is 7.83. The van der Waals surface area contributed by atoms with Gasteiger partial charge in [-0.3, -0.25) is 0 Å². The maximum absolute atomic E-state index is 11.2. The van der Waals surface area contributed by atoms with Crippen LogP contribution in [-0.4, -0.2) is 59.4 Å². The van der Waals surface area contributed by atoms with Crippen LogP contribution in [0.5, 0.6) is 5.75 Å². The van der Waals surface area contributed by atoms with Gasteiger partial charge in [0, 0.05) is 31.9 Å². The zero-order chi connectivity index (χ0) is 25.5. The first-order valence-corrected chi connectivity index (χ1v) is 12.4. The Kier molecular flexibility index (Phi) is 6.73. The van der Waals surface area contributed by atoms with Gasteiger partial charge in [-0.2, -0.15) is 0 Å². The predicted octanol–water partition coefficient (Wildman–Crippen LogP) is 4.94. The summed E-state index contributed by atoms with van der Waals surface area (Å²) in [5.41, 5.74) is 5.38. The minimum atomic E-state index is -1.17. The van der Waals surface area contributed by atoms with E-state index < -0.39 is 12.1 Å². The Balaban J connectivity index is 1.74. The van der Waals surface area contributed by atoms with Gasteiger partial charge in [0.25, 0.3) is 0 Å². The van der Waals surface area contributed by atoms with E-state index in [1.807, 2.05) is 0 Å². The monoisotopic (exact) mass is 478 g/mol. The fourth-order valence-electron chi connectivity index (χ4n) is 5.39. The first-order valence-electron chi connectivity index (χ1n) is 12.4. The minimum Gasteiger partial charge on any atom is -0.507 e. The van der Waals surface area contributed by atoms with Crippen LogP contribution in [0.15, 0.2) is 36.4 Å². The summed E-state index contributed by atoms with van der Waals surface area (Å²) in [5, 5.41) is 30.3. The molecule has 0 amide bonds. The number of aromatic hydroxyl groups is 1. The van der Waals surface area contributed by atoms with Gasteiger partial charge in [-0.15, -0.1) is 0 Å². The molecule has 1 saturated heterocycles. The van der Waals surface area contributed by atoms with Gasteiger partial charge < -0.3 is 25.1 Å². The number of hydrogen-bond donors (Lipinski definition) is 3. The van der Waals surface area contributed by atoms with Crippen molar-refractivity contribution in [1.29, 1.82) is 0 Å². The summed E-state index contributed by atoms with van der Waals surface area (Å²) < 4.78 is 0. The number of nitrogens with zero attached hydrogens (tertiary/aromatic N) is 2. The van der Waals surface area contributed by atoms with E-state index >= 15 is 0 Å². The van der Waals surface area contributed by atoms with E-state index in [9.17, 15) is 15.0 Å². The molecule has 1 aliphatic heterocycles. The molecule has 1 heterocycles. The Morgan fingerprint density at radius 2 is 1.66 bits per heavy atom. The fourth-order valence-corrected chi connectivity index (χ4v) is 5.39. The topological polar surface area (TPSA) is 84.2 Å². The second-order valence-electron chi connectivity index (χ2n) is 11.4. The molecule has 0 bridgehead atoms. The zero-order valence-corrected chi connectivity index (χ0v) is 21.5. The van der Waals surface area contributed by atoms with E-state index in [1.165, 1.54) is 28.9 Å². The summed E-state index contributed by atoms with van der Waals surface area (Å²) in [6.07, 6.45) is 4.82. The van der Waals surface area contributed by atoms with Gasteiger partial charge in [0.05, 0.1) is 6.10 Å². The summed E-state index contributed by atoms with van der Waals surface area (Å²) in [6.45, 7) is 13.2. The fraction of sp³-hybridized carbons (Fsp3) is 0.483. The SMILES string of the molecule is CN1CCN(c2cc(C(O)/C=C/c3ccc(C(=O)O)c(O)c3)cc3c2C(C)(C)CCC3(C)C)CC1. The lowest BCUT2D eigenvalue weighted by Gasteiger charge is -2.46. The number of rotatable bonds is 5. The zero-order valence-electron chi connectivity index (χ0n) is 21.5. The Hall–Kier alpha value is -2.83. The van der Waals surface area contributed by atoms with Crippen molar-refractivity contribution in [3.63, 3.8) is 0 Å². The van der Waals surface area contributed by atoms with Gasteiger partial charge in [-0.25, -0.2) is 4.79 Å². The van der Waals surface area contributed by atoms with Crippen LogP contribution in [0.25, 0.3) is 6.08 Å². The van der Waals surface area contributed by atoms with E-state index in [0.717, 1.165) is 44.6 Å². The average Bonchev–Trinajstić information content (AvgIpc) is 2.80. The van der Waals surface area contributed by atoms with Crippen molar-refractivity contribution in [2.24, 2.45) is 0 Å². The molecule has 2 aromatic rings. The van der Waals surface area contributed by atoms with Gasteiger partial charge in [-0.05, 0) is 71.2 Å². The highest BCUT2D eigenvalue weighted by atomic mass is 16.4. The minimum absolute atomic E-state index is 0.0179. The van der Waals surface area contributed by atoms with Crippen LogP contribution in [0, 0.1) is 0 Å². The molecule has 2 aliphatic rings. The van der Waals surface area contributed by atoms with Gasteiger partial charge in [0.2, 0.25) is 0 Å². The molecule has 1 aliphatic carbocycles. The Morgan fingerprint density at radius 1 is 1.00 bits per heavy atom. The highest BCUT2D eigenvalue weighted by molar-refractivity contribution is 5.91. The molecule has 0 aromatic heterocycles. The number of fused-ring (bicyclic) bond motifs is 1. The summed E-state index contributed by atoms with van der Waals surface area (Å²) in [4.78, 5) is 16.0. The van der Waals surface area contributed by atoms with E-state index in [1.54, 1.807) is 18.2 Å². The molecule has 0 radical (unpaired) electrons. The normalized spacial score (nSPS) is 20.6. The number of carbonyl (C=O) groups is 1. The number of aliphatic hydroxyl groups is 1. The Morgan fingerprint density at radius 3 is 2.29 bits per heavy atom. The van der Waals surface area contributed by atoms with Gasteiger partial charge in [0.15, 0.2) is 0 Å². The van der Waals surface area contributed by atoms with E-state index in [4.69, 9.17) is 5.11 Å². The number of piperazine rings is 1. The van der Waals surface area contributed by atoms with Gasteiger partial charge in [0.1, 0.15) is 11.3 Å². The number of carboxylic acids is 1. The standard InChI is InChI=1S/C29H38N2O4/c1-28(2)10-11-29(3,4)26-22(28)17-20(18-23(26)31-14-12-30(5)13-15-31)24(32)9-7-19-6-8-21(27(34)35)25(33)16-19/h6-9,16-18,24,32-33H,10-15H2,1-5H3,(H,34,35)/b9-7+. The number of phenols is 1. The summed E-state index contributed by atoms with van der Waals surface area (Å²) in [7, 11) is 2.16. The second kappa shape index (κ2) is 9.32. The van der Waals surface area contributed by atoms with Crippen molar-refractivity contribution < 1.29 is 20.1 Å². The molecule has 3 N–H and O–H groups in total.